The van der Waals surface area contributed by atoms with Gasteiger partial charge >= 0.3 is 69.6 Å². The molecule has 0 atom stereocenters. The molecule has 8 nitrogen and oxygen atoms in total. The van der Waals surface area contributed by atoms with Crippen molar-refractivity contribution in [3.63, 3.8) is 0 Å². The third-order valence-corrected chi connectivity index (χ3v) is 3.31. The van der Waals surface area contributed by atoms with Crippen LogP contribution in [0, 0.1) is 20.5 Å². The van der Waals surface area contributed by atoms with Gasteiger partial charge in [0, 0.05) is 86.0 Å². The largest absolute Gasteiger partial charge is 2.00 e. The van der Waals surface area contributed by atoms with Crippen LogP contribution in [0.1, 0.15) is 0 Å². The fourth-order valence-corrected chi connectivity index (χ4v) is 2.13. The average molecular weight is 642 g/mol. The van der Waals surface area contributed by atoms with E-state index in [4.69, 9.17) is 20.7 Å². The molecule has 11 heteroatoms. The van der Waals surface area contributed by atoms with Crippen LogP contribution in [-0.4, -0.2) is 76.4 Å². The Morgan fingerprint density at radius 3 is 0.829 bits per heavy atom. The van der Waals surface area contributed by atoms with Gasteiger partial charge in [0.25, 0.3) is 0 Å². The zero-order chi connectivity index (χ0) is 25.9. The number of aliphatic hydroxyl groups excluding tert-OH is 2. The predicted octanol–water partition coefficient (Wildman–Crippen LogP) is 2.77. The van der Waals surface area contributed by atoms with Gasteiger partial charge in [0.1, 0.15) is 0 Å². The van der Waals surface area contributed by atoms with Crippen LogP contribution in [0.25, 0.3) is 22.3 Å². The third-order valence-electron chi connectivity index (χ3n) is 3.31. The number of aromatic nitrogens is 4. The van der Waals surface area contributed by atoms with E-state index in [2.05, 4.69) is 52.0 Å². The van der Waals surface area contributed by atoms with Crippen LogP contribution >= 0.6 is 0 Å². The maximum absolute atomic E-state index is 7.26. The first-order valence-electron chi connectivity index (χ1n) is 9.29. The van der Waals surface area contributed by atoms with Crippen molar-refractivity contribution in [1.29, 1.82) is 10.5 Å². The fraction of sp³-hybridized carbons (Fsp3) is 0.0833. The van der Waals surface area contributed by atoms with Crippen molar-refractivity contribution in [2.75, 3.05) is 14.2 Å². The zero-order valence-corrected chi connectivity index (χ0v) is 23.5. The normalized spacial score (nSPS) is 7.37. The number of hydrogen-bond donors (Lipinski definition) is 2. The molecule has 0 bridgehead atoms. The Kier molecular flexibility index (Phi) is 30.4. The second-order valence-electron chi connectivity index (χ2n) is 5.15. The second kappa shape index (κ2) is 29.1. The van der Waals surface area contributed by atoms with Gasteiger partial charge in [0.05, 0.1) is 0 Å². The van der Waals surface area contributed by atoms with Crippen molar-refractivity contribution in [3.05, 3.63) is 98.1 Å². The van der Waals surface area contributed by atoms with E-state index in [-0.39, 0.29) is 17.1 Å². The number of nitrogens with zero attached hydrogens (tertiary/aromatic N) is 6. The topological polar surface area (TPSA) is 140 Å². The molecule has 0 fully saturated rings. The van der Waals surface area contributed by atoms with E-state index in [0.717, 1.165) is 36.5 Å². The minimum atomic E-state index is 0. The molecular formula is C24H24FeN6O2Se2. The summed E-state index contributed by atoms with van der Waals surface area (Å²) in [5.74, 6) is 0. The third kappa shape index (κ3) is 19.1. The summed E-state index contributed by atoms with van der Waals surface area (Å²) in [4.78, 5) is 19.4. The Balaban J connectivity index is -0.000000421. The summed E-state index contributed by atoms with van der Waals surface area (Å²) in [6.07, 6.45) is 14.4. The van der Waals surface area contributed by atoms with Gasteiger partial charge in [-0.15, -0.1) is 0 Å². The molecule has 0 aliphatic heterocycles. The summed E-state index contributed by atoms with van der Waals surface area (Å²) in [6, 6.07) is 15.7. The standard InChI is InChI=1S/2C10H8N2.2CHNSe.2CH4O.Fe/c2*1-3-9(7-11-5-1)10-4-2-6-12-8-10;2*2-1-3;2*1-2;/h2*1-8H;2*3H;2*2H,1H3;/q;;;;;;+2/p-2. The molecule has 0 radical (unpaired) electrons. The molecule has 0 aromatic carbocycles. The van der Waals surface area contributed by atoms with E-state index in [0.29, 0.717) is 0 Å². The Bertz CT molecular complexity index is 876. The Morgan fingerprint density at radius 2 is 0.714 bits per heavy atom. The average Bonchev–Trinajstić information content (AvgIpc) is 2.94. The summed E-state index contributed by atoms with van der Waals surface area (Å²) in [7, 11) is 2.00. The van der Waals surface area contributed by atoms with Crippen molar-refractivity contribution in [2.24, 2.45) is 0 Å². The van der Waals surface area contributed by atoms with Crippen LogP contribution in [0.5, 0.6) is 0 Å². The van der Waals surface area contributed by atoms with Crippen LogP contribution in [0.15, 0.2) is 98.1 Å². The SMILES string of the molecule is CO.CO.N#C[Se-].N#C[Se-].[Fe+2].c1cncc(-c2cccnc2)c1.c1cncc(-c2cccnc2)c1. The second-order valence-corrected chi connectivity index (χ2v) is 5.92. The molecule has 4 aromatic rings. The van der Waals surface area contributed by atoms with Gasteiger partial charge in [-0.25, -0.2) is 0 Å². The Labute approximate surface area is 233 Å². The summed E-state index contributed by atoms with van der Waals surface area (Å²) in [6.45, 7) is 0. The molecule has 182 valence electrons. The summed E-state index contributed by atoms with van der Waals surface area (Å²) >= 11 is 4.22. The summed E-state index contributed by atoms with van der Waals surface area (Å²) < 4.78 is 0. The molecule has 0 saturated carbocycles. The van der Waals surface area contributed by atoms with Crippen LogP contribution in [0.4, 0.5) is 0 Å². The predicted molar refractivity (Wildman–Crippen MR) is 134 cm³/mol. The molecular weight excluding hydrogens is 618 g/mol. The maximum atomic E-state index is 7.26. The van der Waals surface area contributed by atoms with Crippen LogP contribution in [-0.2, 0) is 17.1 Å². The monoisotopic (exact) mass is 644 g/mol. The minimum Gasteiger partial charge on any atom is -0.264 e. The molecule has 35 heavy (non-hydrogen) atoms. The molecule has 2 N–H and O–H groups in total. The molecule has 0 spiro atoms. The van der Waals surface area contributed by atoms with Crippen LogP contribution in [0.2, 0.25) is 0 Å². The maximum Gasteiger partial charge on any atom is 2.00 e. The summed E-state index contributed by atoms with van der Waals surface area (Å²) in [5, 5.41) is 28.5. The molecule has 0 saturated heterocycles. The van der Waals surface area contributed by atoms with E-state index in [9.17, 15) is 0 Å². The Hall–Kier alpha value is -2.94. The zero-order valence-electron chi connectivity index (χ0n) is 19.0. The molecule has 4 heterocycles. The molecule has 0 unspecified atom stereocenters. The smallest absolute Gasteiger partial charge is 0.264 e. The minimum absolute atomic E-state index is 0. The van der Waals surface area contributed by atoms with Crippen molar-refractivity contribution >= 4 is 32.0 Å². The van der Waals surface area contributed by atoms with Gasteiger partial charge in [0.2, 0.25) is 0 Å². The number of nitriles is 2. The van der Waals surface area contributed by atoms with Gasteiger partial charge in [-0.1, -0.05) is 24.3 Å². The Morgan fingerprint density at radius 1 is 0.543 bits per heavy atom. The van der Waals surface area contributed by atoms with E-state index in [1.165, 1.54) is 0 Å². The first-order chi connectivity index (χ1) is 16.8. The van der Waals surface area contributed by atoms with E-state index >= 15 is 0 Å². The number of aliphatic hydroxyl groups is 2. The van der Waals surface area contributed by atoms with Gasteiger partial charge in [-0.05, 0) is 24.3 Å². The van der Waals surface area contributed by atoms with Gasteiger partial charge in [-0.2, -0.15) is 0 Å². The number of hydrogen-bond acceptors (Lipinski definition) is 8. The molecule has 0 aliphatic carbocycles. The molecule has 0 amide bonds. The van der Waals surface area contributed by atoms with E-state index in [1.54, 1.807) is 34.7 Å². The number of pyridine rings is 4. The van der Waals surface area contributed by atoms with Crippen LogP contribution < -0.4 is 0 Å². The van der Waals surface area contributed by atoms with Gasteiger partial charge in [0.15, 0.2) is 0 Å². The number of rotatable bonds is 2. The van der Waals surface area contributed by atoms with Gasteiger partial charge < -0.3 is 10.2 Å². The quantitative estimate of drug-likeness (QED) is 0.319. The van der Waals surface area contributed by atoms with E-state index < -0.39 is 0 Å². The van der Waals surface area contributed by atoms with Gasteiger partial charge in [-0.3, -0.25) is 19.9 Å². The van der Waals surface area contributed by atoms with Crippen molar-refractivity contribution < 1.29 is 27.3 Å². The molecule has 4 rings (SSSR count). The molecule has 4 aromatic heterocycles. The summed E-state index contributed by atoms with van der Waals surface area (Å²) in [5.41, 5.74) is 4.41. The molecule has 0 aliphatic rings. The van der Waals surface area contributed by atoms with Crippen molar-refractivity contribution in [2.45, 2.75) is 0 Å². The van der Waals surface area contributed by atoms with Crippen molar-refractivity contribution in [1.82, 2.24) is 19.9 Å². The first-order valence-corrected chi connectivity index (χ1v) is 11.0. The fourth-order valence-electron chi connectivity index (χ4n) is 2.13. The van der Waals surface area contributed by atoms with Crippen LogP contribution in [0.3, 0.4) is 0 Å². The van der Waals surface area contributed by atoms with E-state index in [1.807, 2.05) is 73.3 Å². The first kappa shape index (κ1) is 36.6. The van der Waals surface area contributed by atoms with Crippen molar-refractivity contribution in [3.8, 4) is 32.2 Å².